The Kier molecular flexibility index (Phi) is 2.46. The van der Waals surface area contributed by atoms with Crippen molar-refractivity contribution in [3.63, 3.8) is 0 Å². The SMILES string of the molecule is c1cc(CN2CCC3CCC(C2)N3)[nH]n1. The molecule has 0 aromatic carbocycles. The number of hydrogen-bond donors (Lipinski definition) is 2. The second kappa shape index (κ2) is 3.94. The van der Waals surface area contributed by atoms with Crippen LogP contribution in [0, 0.1) is 0 Å². The van der Waals surface area contributed by atoms with Crippen LogP contribution in [0.25, 0.3) is 0 Å². The number of nitrogens with one attached hydrogen (secondary N) is 2. The molecule has 2 aliphatic rings. The summed E-state index contributed by atoms with van der Waals surface area (Å²) in [5, 5.41) is 10.7. The van der Waals surface area contributed by atoms with Gasteiger partial charge in [-0.05, 0) is 25.3 Å². The molecule has 3 heterocycles. The maximum Gasteiger partial charge on any atom is 0.0492 e. The number of nitrogens with zero attached hydrogens (tertiary/aromatic N) is 2. The van der Waals surface area contributed by atoms with Crippen LogP contribution < -0.4 is 5.32 Å². The lowest BCUT2D eigenvalue weighted by molar-refractivity contribution is 0.248. The summed E-state index contributed by atoms with van der Waals surface area (Å²) >= 11 is 0. The van der Waals surface area contributed by atoms with E-state index in [2.05, 4.69) is 26.5 Å². The van der Waals surface area contributed by atoms with E-state index in [1.54, 1.807) is 0 Å². The maximum absolute atomic E-state index is 3.99. The molecule has 4 heteroatoms. The minimum Gasteiger partial charge on any atom is -0.310 e. The molecule has 1 aromatic heterocycles. The van der Waals surface area contributed by atoms with Crippen LogP contribution in [-0.4, -0.2) is 40.3 Å². The molecule has 2 saturated heterocycles. The molecule has 2 atom stereocenters. The van der Waals surface area contributed by atoms with Gasteiger partial charge in [0, 0.05) is 43.6 Å². The van der Waals surface area contributed by atoms with Crippen molar-refractivity contribution in [2.45, 2.75) is 37.9 Å². The molecule has 3 rings (SSSR count). The van der Waals surface area contributed by atoms with E-state index >= 15 is 0 Å². The van der Waals surface area contributed by atoms with E-state index in [9.17, 15) is 0 Å². The first-order chi connectivity index (χ1) is 7.40. The summed E-state index contributed by atoms with van der Waals surface area (Å²) in [5.74, 6) is 0. The van der Waals surface area contributed by atoms with Crippen LogP contribution in [0.2, 0.25) is 0 Å². The molecule has 82 valence electrons. The Hall–Kier alpha value is -0.870. The van der Waals surface area contributed by atoms with Gasteiger partial charge >= 0.3 is 0 Å². The van der Waals surface area contributed by atoms with Crippen molar-refractivity contribution in [2.24, 2.45) is 0 Å². The fourth-order valence-corrected chi connectivity index (χ4v) is 2.77. The molecule has 2 unspecified atom stereocenters. The predicted octanol–water partition coefficient (Wildman–Crippen LogP) is 0.736. The van der Waals surface area contributed by atoms with Gasteiger partial charge < -0.3 is 5.32 Å². The third-order valence-electron chi connectivity index (χ3n) is 3.56. The molecule has 0 spiro atoms. The molecule has 0 radical (unpaired) electrons. The predicted molar refractivity (Wildman–Crippen MR) is 58.4 cm³/mol. The molecule has 2 fully saturated rings. The monoisotopic (exact) mass is 206 g/mol. The molecule has 0 aliphatic carbocycles. The van der Waals surface area contributed by atoms with Crippen molar-refractivity contribution >= 4 is 0 Å². The highest BCUT2D eigenvalue weighted by atomic mass is 15.2. The number of aromatic nitrogens is 2. The van der Waals surface area contributed by atoms with Crippen LogP contribution in [0.1, 0.15) is 25.0 Å². The van der Waals surface area contributed by atoms with E-state index in [0.717, 1.165) is 18.6 Å². The van der Waals surface area contributed by atoms with Crippen molar-refractivity contribution in [2.75, 3.05) is 13.1 Å². The minimum atomic E-state index is 0.723. The van der Waals surface area contributed by atoms with Gasteiger partial charge in [0.05, 0.1) is 0 Å². The lowest BCUT2D eigenvalue weighted by Crippen LogP contribution is -2.35. The van der Waals surface area contributed by atoms with Gasteiger partial charge in [-0.15, -0.1) is 0 Å². The number of fused-ring (bicyclic) bond motifs is 2. The first-order valence-corrected chi connectivity index (χ1v) is 5.87. The van der Waals surface area contributed by atoms with Gasteiger partial charge in [-0.1, -0.05) is 0 Å². The maximum atomic E-state index is 3.99. The van der Waals surface area contributed by atoms with Gasteiger partial charge in [0.2, 0.25) is 0 Å². The van der Waals surface area contributed by atoms with Crippen LogP contribution in [-0.2, 0) is 6.54 Å². The van der Waals surface area contributed by atoms with E-state index in [1.807, 2.05) is 6.20 Å². The summed E-state index contributed by atoms with van der Waals surface area (Å²) in [6.45, 7) is 3.42. The number of hydrogen-bond acceptors (Lipinski definition) is 3. The molecule has 2 N–H and O–H groups in total. The van der Waals surface area contributed by atoms with E-state index in [-0.39, 0.29) is 0 Å². The quantitative estimate of drug-likeness (QED) is 0.750. The largest absolute Gasteiger partial charge is 0.310 e. The molecule has 15 heavy (non-hydrogen) atoms. The summed E-state index contributed by atoms with van der Waals surface area (Å²) in [6.07, 6.45) is 5.86. The fourth-order valence-electron chi connectivity index (χ4n) is 2.77. The summed E-state index contributed by atoms with van der Waals surface area (Å²) in [6, 6.07) is 3.57. The first kappa shape index (κ1) is 9.36. The van der Waals surface area contributed by atoms with E-state index < -0.39 is 0 Å². The Morgan fingerprint density at radius 2 is 2.27 bits per heavy atom. The second-order valence-electron chi connectivity index (χ2n) is 4.74. The zero-order valence-corrected chi connectivity index (χ0v) is 8.95. The Bertz CT molecular complexity index is 308. The highest BCUT2D eigenvalue weighted by molar-refractivity contribution is 4.98. The smallest absolute Gasteiger partial charge is 0.0492 e. The Balaban J connectivity index is 1.62. The summed E-state index contributed by atoms with van der Waals surface area (Å²) < 4.78 is 0. The van der Waals surface area contributed by atoms with Gasteiger partial charge in [0.25, 0.3) is 0 Å². The number of H-pyrrole nitrogens is 1. The van der Waals surface area contributed by atoms with Crippen molar-refractivity contribution < 1.29 is 0 Å². The zero-order valence-electron chi connectivity index (χ0n) is 8.95. The van der Waals surface area contributed by atoms with Gasteiger partial charge in [-0.25, -0.2) is 0 Å². The van der Waals surface area contributed by atoms with Crippen LogP contribution in [0.3, 0.4) is 0 Å². The third kappa shape index (κ3) is 2.06. The molecular weight excluding hydrogens is 188 g/mol. The molecule has 0 saturated carbocycles. The average Bonchev–Trinajstić information content (AvgIpc) is 2.80. The minimum absolute atomic E-state index is 0.723. The van der Waals surface area contributed by atoms with Crippen molar-refractivity contribution in [3.8, 4) is 0 Å². The topological polar surface area (TPSA) is 44.0 Å². The average molecular weight is 206 g/mol. The Morgan fingerprint density at radius 3 is 3.13 bits per heavy atom. The number of rotatable bonds is 2. The molecule has 0 amide bonds. The summed E-state index contributed by atoms with van der Waals surface area (Å²) in [4.78, 5) is 2.53. The van der Waals surface area contributed by atoms with Crippen molar-refractivity contribution in [3.05, 3.63) is 18.0 Å². The highest BCUT2D eigenvalue weighted by Gasteiger charge is 2.29. The lowest BCUT2D eigenvalue weighted by atomic mass is 10.1. The summed E-state index contributed by atoms with van der Waals surface area (Å²) in [7, 11) is 0. The Morgan fingerprint density at radius 1 is 1.33 bits per heavy atom. The van der Waals surface area contributed by atoms with Crippen LogP contribution in [0.4, 0.5) is 0 Å². The van der Waals surface area contributed by atoms with Gasteiger partial charge in [0.1, 0.15) is 0 Å². The molecule has 2 aliphatic heterocycles. The fraction of sp³-hybridized carbons (Fsp3) is 0.727. The second-order valence-corrected chi connectivity index (χ2v) is 4.74. The highest BCUT2D eigenvalue weighted by Crippen LogP contribution is 2.21. The van der Waals surface area contributed by atoms with Crippen LogP contribution in [0.5, 0.6) is 0 Å². The van der Waals surface area contributed by atoms with Crippen molar-refractivity contribution in [1.29, 1.82) is 0 Å². The van der Waals surface area contributed by atoms with E-state index in [1.165, 1.54) is 38.0 Å². The van der Waals surface area contributed by atoms with Gasteiger partial charge in [0.15, 0.2) is 0 Å². The molecule has 2 bridgehead atoms. The lowest BCUT2D eigenvalue weighted by Gasteiger charge is -2.22. The Labute approximate surface area is 90.0 Å². The third-order valence-corrected chi connectivity index (χ3v) is 3.56. The van der Waals surface area contributed by atoms with E-state index in [0.29, 0.717) is 0 Å². The number of likely N-dealkylation sites (tertiary alicyclic amines) is 1. The number of aromatic amines is 1. The molecule has 1 aromatic rings. The normalized spacial score (nSPS) is 31.7. The van der Waals surface area contributed by atoms with Gasteiger partial charge in [-0.3, -0.25) is 10.00 Å². The first-order valence-electron chi connectivity index (χ1n) is 5.87. The molecular formula is C11H18N4. The summed E-state index contributed by atoms with van der Waals surface area (Å²) in [5.41, 5.74) is 1.23. The van der Waals surface area contributed by atoms with Crippen molar-refractivity contribution in [1.82, 2.24) is 20.4 Å². The van der Waals surface area contributed by atoms with Gasteiger partial charge in [-0.2, -0.15) is 5.10 Å². The van der Waals surface area contributed by atoms with E-state index in [4.69, 9.17) is 0 Å². The molecule has 4 nitrogen and oxygen atoms in total. The standard InChI is InChI=1S/C11H18N4/c1-2-10-7-15(6-4-9(1)13-10)8-11-3-5-12-14-11/h3,5,9-10,13H,1-2,4,6-8H2,(H,12,14). The van der Waals surface area contributed by atoms with Crippen LogP contribution in [0.15, 0.2) is 12.3 Å². The zero-order chi connectivity index (χ0) is 10.1. The van der Waals surface area contributed by atoms with Crippen LogP contribution >= 0.6 is 0 Å².